The van der Waals surface area contributed by atoms with Crippen molar-refractivity contribution in [2.75, 3.05) is 26.7 Å². The number of nitrogens with zero attached hydrogens (tertiary/aromatic N) is 3. The number of carboxylic acid groups (broad SMARTS) is 1. The summed E-state index contributed by atoms with van der Waals surface area (Å²) in [4.78, 5) is 44.7. The number of benzene rings is 3. The Kier molecular flexibility index (Phi) is 7.75. The molecule has 1 N–H and O–H groups in total. The van der Waals surface area contributed by atoms with E-state index in [0.717, 1.165) is 29.7 Å². The fraction of sp³-hybridized carbons (Fsp3) is 0.382. The van der Waals surface area contributed by atoms with Gasteiger partial charge in [-0.25, -0.2) is 4.79 Å². The molecule has 0 spiro atoms. The van der Waals surface area contributed by atoms with Gasteiger partial charge in [0.1, 0.15) is 5.54 Å². The van der Waals surface area contributed by atoms with Crippen LogP contribution in [0.3, 0.4) is 0 Å². The van der Waals surface area contributed by atoms with Gasteiger partial charge < -0.3 is 14.9 Å². The number of carbonyl (C=O) groups is 3. The third-order valence-corrected chi connectivity index (χ3v) is 9.44. The maximum Gasteiger partial charge on any atom is 0.329 e. The van der Waals surface area contributed by atoms with Crippen LogP contribution in [0.25, 0.3) is 0 Å². The Morgan fingerprint density at radius 1 is 0.829 bits per heavy atom. The van der Waals surface area contributed by atoms with E-state index in [2.05, 4.69) is 41.3 Å². The normalized spacial score (nSPS) is 19.1. The van der Waals surface area contributed by atoms with Crippen molar-refractivity contribution in [2.24, 2.45) is 11.8 Å². The Hall–Kier alpha value is -3.97. The summed E-state index contributed by atoms with van der Waals surface area (Å²) < 4.78 is 0. The zero-order valence-corrected chi connectivity index (χ0v) is 24.2. The van der Waals surface area contributed by atoms with E-state index in [4.69, 9.17) is 0 Å². The van der Waals surface area contributed by atoms with Crippen molar-refractivity contribution < 1.29 is 19.5 Å². The van der Waals surface area contributed by atoms with E-state index in [1.165, 1.54) is 4.90 Å². The summed E-state index contributed by atoms with van der Waals surface area (Å²) in [7, 11) is 1.56. The van der Waals surface area contributed by atoms with Crippen molar-refractivity contribution in [1.29, 1.82) is 0 Å². The minimum atomic E-state index is -1.31. The quantitative estimate of drug-likeness (QED) is 0.396. The molecule has 2 saturated heterocycles. The zero-order valence-electron chi connectivity index (χ0n) is 24.2. The van der Waals surface area contributed by atoms with Gasteiger partial charge in [0.25, 0.3) is 0 Å². The first-order valence-electron chi connectivity index (χ1n) is 14.4. The van der Waals surface area contributed by atoms with E-state index in [1.807, 2.05) is 54.6 Å². The van der Waals surface area contributed by atoms with Gasteiger partial charge in [-0.3, -0.25) is 14.5 Å². The highest BCUT2D eigenvalue weighted by Gasteiger charge is 2.54. The van der Waals surface area contributed by atoms with E-state index >= 15 is 0 Å². The summed E-state index contributed by atoms with van der Waals surface area (Å²) >= 11 is 0. The smallest absolute Gasteiger partial charge is 0.329 e. The van der Waals surface area contributed by atoms with E-state index in [1.54, 1.807) is 32.7 Å². The molecular formula is C34H39N3O4. The molecule has 2 aliphatic heterocycles. The minimum absolute atomic E-state index is 0.0139. The molecule has 7 heteroatoms. The standard InChI is InChI=1S/C34H39N3O4/c1-24(2)33(3,32(40)41)35(4)30(38)25-22-36(23-25)31(39)29-20-21-37(29)34(26-14-8-5-9-15-26,27-16-10-6-11-17-27)28-18-12-7-13-19-28/h5-19,24-25,29H,20-23H2,1-4H3,(H,40,41)/t29-,33-/m0/s1. The predicted octanol–water partition coefficient (Wildman–Crippen LogP) is 4.47. The Bertz CT molecular complexity index is 1290. The highest BCUT2D eigenvalue weighted by Crippen LogP contribution is 2.47. The molecule has 2 fully saturated rings. The average molecular weight is 554 g/mol. The van der Waals surface area contributed by atoms with Crippen molar-refractivity contribution in [3.05, 3.63) is 108 Å². The van der Waals surface area contributed by atoms with Gasteiger partial charge >= 0.3 is 5.97 Å². The second-order valence-corrected chi connectivity index (χ2v) is 11.8. The van der Waals surface area contributed by atoms with Gasteiger partial charge in [-0.15, -0.1) is 0 Å². The zero-order chi connectivity index (χ0) is 29.4. The van der Waals surface area contributed by atoms with Crippen molar-refractivity contribution in [1.82, 2.24) is 14.7 Å². The maximum absolute atomic E-state index is 14.0. The van der Waals surface area contributed by atoms with Crippen molar-refractivity contribution >= 4 is 17.8 Å². The van der Waals surface area contributed by atoms with Crippen LogP contribution in [0.2, 0.25) is 0 Å². The average Bonchev–Trinajstić information content (AvgIpc) is 2.94. The molecule has 5 rings (SSSR count). The number of aliphatic carboxylic acids is 1. The Morgan fingerprint density at radius 3 is 1.61 bits per heavy atom. The maximum atomic E-state index is 14.0. The lowest BCUT2D eigenvalue weighted by Crippen LogP contribution is -2.68. The Morgan fingerprint density at radius 2 is 1.27 bits per heavy atom. The molecule has 2 atom stereocenters. The van der Waals surface area contributed by atoms with Crippen LogP contribution in [0.1, 0.15) is 43.9 Å². The number of carbonyl (C=O) groups excluding carboxylic acids is 2. The number of carboxylic acids is 1. The van der Waals surface area contributed by atoms with Crippen molar-refractivity contribution in [3.8, 4) is 0 Å². The van der Waals surface area contributed by atoms with Crippen LogP contribution in [0, 0.1) is 11.8 Å². The van der Waals surface area contributed by atoms with Crippen LogP contribution in [0.4, 0.5) is 0 Å². The monoisotopic (exact) mass is 553 g/mol. The predicted molar refractivity (Wildman–Crippen MR) is 158 cm³/mol. The number of hydrogen-bond acceptors (Lipinski definition) is 4. The minimum Gasteiger partial charge on any atom is -0.479 e. The van der Waals surface area contributed by atoms with Crippen LogP contribution >= 0.6 is 0 Å². The van der Waals surface area contributed by atoms with Crippen molar-refractivity contribution in [3.63, 3.8) is 0 Å². The summed E-state index contributed by atoms with van der Waals surface area (Å²) in [6.45, 7) is 6.54. The third kappa shape index (κ3) is 4.62. The molecule has 0 aliphatic carbocycles. The molecule has 2 heterocycles. The molecule has 2 amide bonds. The van der Waals surface area contributed by atoms with E-state index in [9.17, 15) is 19.5 Å². The van der Waals surface area contributed by atoms with E-state index in [0.29, 0.717) is 13.1 Å². The topological polar surface area (TPSA) is 81.2 Å². The summed E-state index contributed by atoms with van der Waals surface area (Å²) in [5.41, 5.74) is 1.30. The molecule has 0 saturated carbocycles. The fourth-order valence-corrected chi connectivity index (χ4v) is 6.39. The summed E-state index contributed by atoms with van der Waals surface area (Å²) in [6, 6.07) is 30.7. The fourth-order valence-electron chi connectivity index (χ4n) is 6.39. The molecule has 0 radical (unpaired) electrons. The largest absolute Gasteiger partial charge is 0.479 e. The van der Waals surface area contributed by atoms with Gasteiger partial charge in [0, 0.05) is 26.7 Å². The number of likely N-dealkylation sites (tertiary alicyclic amines) is 2. The van der Waals surface area contributed by atoms with Gasteiger partial charge in [0.15, 0.2) is 0 Å². The van der Waals surface area contributed by atoms with Gasteiger partial charge in [-0.05, 0) is 36.0 Å². The van der Waals surface area contributed by atoms with Crippen molar-refractivity contribution in [2.45, 2.75) is 44.3 Å². The third-order valence-electron chi connectivity index (χ3n) is 9.44. The first-order valence-corrected chi connectivity index (χ1v) is 14.4. The molecule has 41 heavy (non-hydrogen) atoms. The summed E-state index contributed by atoms with van der Waals surface area (Å²) in [5.74, 6) is -1.92. The first-order chi connectivity index (χ1) is 19.6. The van der Waals surface area contributed by atoms with Gasteiger partial charge in [-0.1, -0.05) is 105 Å². The molecule has 214 valence electrons. The van der Waals surface area contributed by atoms with Crippen LogP contribution in [-0.2, 0) is 19.9 Å². The second kappa shape index (κ2) is 11.1. The van der Waals surface area contributed by atoms with Gasteiger partial charge in [0.2, 0.25) is 11.8 Å². The molecule has 3 aromatic carbocycles. The summed E-state index contributed by atoms with van der Waals surface area (Å²) in [6.07, 6.45) is 0.729. The molecule has 3 aromatic rings. The van der Waals surface area contributed by atoms with Crippen LogP contribution in [-0.4, -0.2) is 75.9 Å². The van der Waals surface area contributed by atoms with E-state index < -0.39 is 23.0 Å². The van der Waals surface area contributed by atoms with Crippen LogP contribution in [0.15, 0.2) is 91.0 Å². The number of likely N-dealkylation sites (N-methyl/N-ethyl adjacent to an activating group) is 1. The molecule has 2 aliphatic rings. The number of amides is 2. The molecule has 0 aromatic heterocycles. The first kappa shape index (κ1) is 28.6. The SMILES string of the molecule is CC(C)[C@@](C)(C(=O)O)N(C)C(=O)C1CN(C(=O)[C@@H]2CCN2C(c2ccccc2)(c2ccccc2)c2ccccc2)C1. The number of rotatable bonds is 9. The lowest BCUT2D eigenvalue weighted by Gasteiger charge is -2.56. The molecule has 7 nitrogen and oxygen atoms in total. The lowest BCUT2D eigenvalue weighted by atomic mass is 9.72. The molecule has 0 bridgehead atoms. The Balaban J connectivity index is 1.42. The highest BCUT2D eigenvalue weighted by atomic mass is 16.4. The van der Waals surface area contributed by atoms with E-state index in [-0.39, 0.29) is 23.8 Å². The van der Waals surface area contributed by atoms with Gasteiger partial charge in [-0.2, -0.15) is 0 Å². The second-order valence-electron chi connectivity index (χ2n) is 11.8. The van der Waals surface area contributed by atoms with Crippen LogP contribution < -0.4 is 0 Å². The molecule has 0 unspecified atom stereocenters. The molecular weight excluding hydrogens is 514 g/mol. The highest BCUT2D eigenvalue weighted by molar-refractivity contribution is 5.91. The Labute approximate surface area is 242 Å². The lowest BCUT2D eigenvalue weighted by molar-refractivity contribution is -0.167. The van der Waals surface area contributed by atoms with Gasteiger partial charge in [0.05, 0.1) is 17.5 Å². The van der Waals surface area contributed by atoms with Crippen LogP contribution in [0.5, 0.6) is 0 Å². The summed E-state index contributed by atoms with van der Waals surface area (Å²) in [5, 5.41) is 9.87. The number of hydrogen-bond donors (Lipinski definition) is 1.